The second kappa shape index (κ2) is 6.82. The van der Waals surface area contributed by atoms with Gasteiger partial charge in [-0.05, 0) is 74.7 Å². The van der Waals surface area contributed by atoms with Gasteiger partial charge in [-0.3, -0.25) is 4.79 Å². The van der Waals surface area contributed by atoms with Crippen molar-refractivity contribution in [3.05, 3.63) is 75.8 Å². The lowest BCUT2D eigenvalue weighted by molar-refractivity contribution is 0.0985. The van der Waals surface area contributed by atoms with Crippen LogP contribution in [0.25, 0.3) is 5.69 Å². The van der Waals surface area contributed by atoms with Crippen molar-refractivity contribution in [3.63, 3.8) is 0 Å². The summed E-state index contributed by atoms with van der Waals surface area (Å²) in [5.74, 6) is -0.351. The predicted octanol–water partition coefficient (Wildman–Crippen LogP) is 4.87. The number of hydrogen-bond donors (Lipinski definition) is 0. The standard InChI is InChI=1S/C21H19ClFN3O/c1-13-20(22)14(2)26(24-13)18-8-5-15(6-9-18)21(27)25-11-3-4-16-12-17(23)7-10-19(16)25/h5-10,12H,3-4,11H2,1-2H3. The van der Waals surface area contributed by atoms with Gasteiger partial charge in [-0.2, -0.15) is 5.10 Å². The van der Waals surface area contributed by atoms with Crippen LogP contribution in [0.15, 0.2) is 42.5 Å². The first-order valence-electron chi connectivity index (χ1n) is 8.88. The summed E-state index contributed by atoms with van der Waals surface area (Å²) in [6.07, 6.45) is 1.61. The minimum Gasteiger partial charge on any atom is -0.308 e. The number of aromatic nitrogens is 2. The van der Waals surface area contributed by atoms with Crippen molar-refractivity contribution in [1.29, 1.82) is 0 Å². The van der Waals surface area contributed by atoms with Crippen LogP contribution in [0, 0.1) is 19.7 Å². The molecule has 0 aliphatic carbocycles. The number of rotatable bonds is 2. The van der Waals surface area contributed by atoms with E-state index >= 15 is 0 Å². The molecule has 1 aromatic heterocycles. The van der Waals surface area contributed by atoms with Crippen LogP contribution in [-0.2, 0) is 6.42 Å². The maximum atomic E-state index is 13.5. The monoisotopic (exact) mass is 383 g/mol. The Morgan fingerprint density at radius 1 is 1.15 bits per heavy atom. The van der Waals surface area contributed by atoms with Crippen LogP contribution >= 0.6 is 11.6 Å². The quantitative estimate of drug-likeness (QED) is 0.632. The van der Waals surface area contributed by atoms with Crippen LogP contribution in [0.3, 0.4) is 0 Å². The number of aryl methyl sites for hydroxylation is 2. The summed E-state index contributed by atoms with van der Waals surface area (Å²) in [5, 5.41) is 5.08. The number of amides is 1. The summed E-state index contributed by atoms with van der Waals surface area (Å²) in [5.41, 5.74) is 4.74. The number of anilines is 1. The van der Waals surface area contributed by atoms with Gasteiger partial charge >= 0.3 is 0 Å². The molecular formula is C21H19ClFN3O. The Balaban J connectivity index is 1.63. The van der Waals surface area contributed by atoms with E-state index < -0.39 is 0 Å². The second-order valence-corrected chi connectivity index (χ2v) is 7.15. The number of hydrogen-bond acceptors (Lipinski definition) is 2. The Bertz CT molecular complexity index is 1030. The van der Waals surface area contributed by atoms with Crippen molar-refractivity contribution in [2.24, 2.45) is 0 Å². The van der Waals surface area contributed by atoms with E-state index in [9.17, 15) is 9.18 Å². The van der Waals surface area contributed by atoms with E-state index in [1.807, 2.05) is 26.0 Å². The topological polar surface area (TPSA) is 38.1 Å². The van der Waals surface area contributed by atoms with Crippen molar-refractivity contribution in [3.8, 4) is 5.69 Å². The van der Waals surface area contributed by atoms with Gasteiger partial charge in [0.2, 0.25) is 0 Å². The number of nitrogens with zero attached hydrogens (tertiary/aromatic N) is 3. The molecule has 27 heavy (non-hydrogen) atoms. The molecule has 0 fully saturated rings. The second-order valence-electron chi connectivity index (χ2n) is 6.78. The number of halogens is 2. The molecule has 0 bridgehead atoms. The molecule has 2 aromatic carbocycles. The van der Waals surface area contributed by atoms with Gasteiger partial charge in [0.05, 0.1) is 22.1 Å². The zero-order valence-corrected chi connectivity index (χ0v) is 15.9. The fraction of sp³-hybridized carbons (Fsp3) is 0.238. The minimum absolute atomic E-state index is 0.0829. The molecule has 1 amide bonds. The molecule has 0 saturated carbocycles. The lowest BCUT2D eigenvalue weighted by Gasteiger charge is -2.29. The van der Waals surface area contributed by atoms with Crippen molar-refractivity contribution < 1.29 is 9.18 Å². The van der Waals surface area contributed by atoms with E-state index in [4.69, 9.17) is 11.6 Å². The highest BCUT2D eigenvalue weighted by Gasteiger charge is 2.24. The third kappa shape index (κ3) is 3.12. The molecule has 4 nitrogen and oxygen atoms in total. The maximum Gasteiger partial charge on any atom is 0.258 e. The fourth-order valence-corrected chi connectivity index (χ4v) is 3.67. The van der Waals surface area contributed by atoms with Crippen molar-refractivity contribution in [1.82, 2.24) is 9.78 Å². The highest BCUT2D eigenvalue weighted by molar-refractivity contribution is 6.31. The van der Waals surface area contributed by atoms with Crippen LogP contribution in [0.2, 0.25) is 5.02 Å². The number of fused-ring (bicyclic) bond motifs is 1. The van der Waals surface area contributed by atoms with Crippen molar-refractivity contribution >= 4 is 23.2 Å². The fourth-order valence-electron chi connectivity index (χ4n) is 3.55. The SMILES string of the molecule is Cc1nn(-c2ccc(C(=O)N3CCCc4cc(F)ccc43)cc2)c(C)c1Cl. The Labute approximate surface area is 162 Å². The molecule has 0 atom stereocenters. The van der Waals surface area contributed by atoms with Gasteiger partial charge in [0.25, 0.3) is 5.91 Å². The van der Waals surface area contributed by atoms with E-state index in [1.54, 1.807) is 27.8 Å². The van der Waals surface area contributed by atoms with E-state index in [-0.39, 0.29) is 11.7 Å². The minimum atomic E-state index is -0.268. The first-order valence-corrected chi connectivity index (χ1v) is 9.26. The van der Waals surface area contributed by atoms with Gasteiger partial charge < -0.3 is 4.90 Å². The summed E-state index contributed by atoms with van der Waals surface area (Å²) < 4.78 is 15.3. The van der Waals surface area contributed by atoms with Gasteiger partial charge in [0, 0.05) is 17.8 Å². The molecule has 0 unspecified atom stereocenters. The van der Waals surface area contributed by atoms with Crippen LogP contribution < -0.4 is 4.90 Å². The van der Waals surface area contributed by atoms with Crippen molar-refractivity contribution in [2.75, 3.05) is 11.4 Å². The third-order valence-corrected chi connectivity index (χ3v) is 5.51. The molecule has 1 aliphatic rings. The number of benzene rings is 2. The van der Waals surface area contributed by atoms with Gasteiger partial charge in [0.15, 0.2) is 0 Å². The molecule has 4 rings (SSSR count). The smallest absolute Gasteiger partial charge is 0.258 e. The average Bonchev–Trinajstić information content (AvgIpc) is 2.94. The maximum absolute atomic E-state index is 13.5. The average molecular weight is 384 g/mol. The Kier molecular flexibility index (Phi) is 4.48. The number of carbonyl (C=O) groups is 1. The number of carbonyl (C=O) groups excluding carboxylic acids is 1. The molecule has 0 spiro atoms. The summed E-state index contributed by atoms with van der Waals surface area (Å²) in [6.45, 7) is 4.40. The van der Waals surface area contributed by atoms with Crippen LogP contribution in [0.4, 0.5) is 10.1 Å². The molecule has 0 radical (unpaired) electrons. The van der Waals surface area contributed by atoms with Crippen molar-refractivity contribution in [2.45, 2.75) is 26.7 Å². The van der Waals surface area contributed by atoms with E-state index in [1.165, 1.54) is 12.1 Å². The third-order valence-electron chi connectivity index (χ3n) is 4.97. The van der Waals surface area contributed by atoms with Gasteiger partial charge in [-0.1, -0.05) is 11.6 Å². The molecule has 138 valence electrons. The molecule has 0 N–H and O–H groups in total. The first-order chi connectivity index (χ1) is 13.0. The largest absolute Gasteiger partial charge is 0.308 e. The van der Waals surface area contributed by atoms with Gasteiger partial charge in [-0.25, -0.2) is 9.07 Å². The van der Waals surface area contributed by atoms with E-state index in [0.717, 1.165) is 41.2 Å². The predicted molar refractivity (Wildman–Crippen MR) is 104 cm³/mol. The zero-order chi connectivity index (χ0) is 19.1. The van der Waals surface area contributed by atoms with Gasteiger partial charge in [0.1, 0.15) is 5.82 Å². The Morgan fingerprint density at radius 2 is 1.89 bits per heavy atom. The van der Waals surface area contributed by atoms with Gasteiger partial charge in [-0.15, -0.1) is 0 Å². The highest BCUT2D eigenvalue weighted by Crippen LogP contribution is 2.29. The summed E-state index contributed by atoms with van der Waals surface area (Å²) >= 11 is 6.22. The molecular weight excluding hydrogens is 365 g/mol. The molecule has 1 aliphatic heterocycles. The van der Waals surface area contributed by atoms with E-state index in [2.05, 4.69) is 5.10 Å². The zero-order valence-electron chi connectivity index (χ0n) is 15.2. The summed E-state index contributed by atoms with van der Waals surface area (Å²) in [6, 6.07) is 11.9. The van der Waals surface area contributed by atoms with Crippen LogP contribution in [0.5, 0.6) is 0 Å². The van der Waals surface area contributed by atoms with Crippen LogP contribution in [-0.4, -0.2) is 22.2 Å². The molecule has 2 heterocycles. The lowest BCUT2D eigenvalue weighted by atomic mass is 10.0. The summed E-state index contributed by atoms with van der Waals surface area (Å²) in [4.78, 5) is 14.7. The molecule has 6 heteroatoms. The molecule has 3 aromatic rings. The highest BCUT2D eigenvalue weighted by atomic mass is 35.5. The Hall–Kier alpha value is -2.66. The Morgan fingerprint density at radius 3 is 2.56 bits per heavy atom. The van der Waals surface area contributed by atoms with Crippen LogP contribution in [0.1, 0.15) is 33.7 Å². The molecule has 0 saturated heterocycles. The lowest BCUT2D eigenvalue weighted by Crippen LogP contribution is -2.35. The van der Waals surface area contributed by atoms with E-state index in [0.29, 0.717) is 17.1 Å². The first kappa shape index (κ1) is 17.7. The normalized spacial score (nSPS) is 13.6. The summed E-state index contributed by atoms with van der Waals surface area (Å²) in [7, 11) is 0.